The molecule has 116 valence electrons. The minimum Gasteiger partial charge on any atom is -0.478 e. The van der Waals surface area contributed by atoms with Crippen LogP contribution in [0.4, 0.5) is 0 Å². The Morgan fingerprint density at radius 2 is 2.00 bits per heavy atom. The fraction of sp³-hybridized carbons (Fsp3) is 0.294. The van der Waals surface area contributed by atoms with Crippen molar-refractivity contribution in [2.45, 2.75) is 33.3 Å². The summed E-state index contributed by atoms with van der Waals surface area (Å²) in [6, 6.07) is 8.54. The van der Waals surface area contributed by atoms with Crippen molar-refractivity contribution in [2.75, 3.05) is 0 Å². The summed E-state index contributed by atoms with van der Waals surface area (Å²) in [5.74, 6) is -1.34. The molecule has 0 unspecified atom stereocenters. The predicted molar refractivity (Wildman–Crippen MR) is 82.7 cm³/mol. The summed E-state index contributed by atoms with van der Waals surface area (Å²) in [7, 11) is 0. The van der Waals surface area contributed by atoms with E-state index in [1.807, 2.05) is 13.0 Å². The number of hydrogen-bond donors (Lipinski definition) is 1. The first-order valence-electron chi connectivity index (χ1n) is 7.19. The molecule has 1 N–H and O–H groups in total. The van der Waals surface area contributed by atoms with Crippen LogP contribution in [-0.4, -0.2) is 27.7 Å². The molecule has 1 heterocycles. The van der Waals surface area contributed by atoms with Gasteiger partial charge >= 0.3 is 11.9 Å². The highest BCUT2D eigenvalue weighted by atomic mass is 16.5. The fourth-order valence-corrected chi connectivity index (χ4v) is 2.33. The van der Waals surface area contributed by atoms with E-state index in [-0.39, 0.29) is 17.6 Å². The second-order valence-corrected chi connectivity index (χ2v) is 5.21. The number of aromatic carboxylic acids is 1. The van der Waals surface area contributed by atoms with Gasteiger partial charge in [-0.25, -0.2) is 9.59 Å². The Labute approximate surface area is 129 Å². The third kappa shape index (κ3) is 3.19. The molecule has 0 bridgehead atoms. The van der Waals surface area contributed by atoms with Crippen molar-refractivity contribution in [1.29, 1.82) is 0 Å². The number of ether oxygens (including phenoxy) is 1. The van der Waals surface area contributed by atoms with Crippen molar-refractivity contribution in [3.05, 3.63) is 53.3 Å². The maximum Gasteiger partial charge on any atom is 0.338 e. The summed E-state index contributed by atoms with van der Waals surface area (Å²) >= 11 is 0. The summed E-state index contributed by atoms with van der Waals surface area (Å²) in [6.45, 7) is 5.49. The third-order valence-electron chi connectivity index (χ3n) is 3.26. The average Bonchev–Trinajstić information content (AvgIpc) is 2.90. The predicted octanol–water partition coefficient (Wildman–Crippen LogP) is 3.30. The molecule has 5 heteroatoms. The van der Waals surface area contributed by atoms with E-state index in [0.29, 0.717) is 17.7 Å². The van der Waals surface area contributed by atoms with Crippen molar-refractivity contribution in [2.24, 2.45) is 0 Å². The number of hydrogen-bond acceptors (Lipinski definition) is 3. The smallest absolute Gasteiger partial charge is 0.338 e. The molecule has 1 aromatic heterocycles. The lowest BCUT2D eigenvalue weighted by molar-refractivity contribution is 0.0377. The number of benzene rings is 1. The molecule has 0 saturated heterocycles. The first-order valence-corrected chi connectivity index (χ1v) is 7.19. The van der Waals surface area contributed by atoms with Crippen molar-refractivity contribution in [3.63, 3.8) is 0 Å². The number of carbonyl (C=O) groups excluding carboxylic acids is 1. The summed E-state index contributed by atoms with van der Waals surface area (Å²) in [5.41, 5.74) is 2.15. The number of nitrogens with zero attached hydrogens (tertiary/aromatic N) is 1. The van der Waals surface area contributed by atoms with E-state index in [2.05, 4.69) is 0 Å². The lowest BCUT2D eigenvalue weighted by Gasteiger charge is -2.11. The molecular weight excluding hydrogens is 282 g/mol. The van der Waals surface area contributed by atoms with Crippen LogP contribution in [-0.2, 0) is 11.2 Å². The van der Waals surface area contributed by atoms with Crippen LogP contribution in [0.1, 0.15) is 47.2 Å². The van der Waals surface area contributed by atoms with Crippen molar-refractivity contribution in [1.82, 2.24) is 4.57 Å². The van der Waals surface area contributed by atoms with Gasteiger partial charge in [-0.3, -0.25) is 0 Å². The lowest BCUT2D eigenvalue weighted by atomic mass is 10.1. The van der Waals surface area contributed by atoms with E-state index >= 15 is 0 Å². The topological polar surface area (TPSA) is 68.5 Å². The second kappa shape index (κ2) is 6.47. The zero-order chi connectivity index (χ0) is 16.3. The van der Waals surface area contributed by atoms with E-state index in [1.54, 1.807) is 48.9 Å². The summed E-state index contributed by atoms with van der Waals surface area (Å²) in [6.07, 6.45) is 2.09. The van der Waals surface area contributed by atoms with Crippen molar-refractivity contribution >= 4 is 11.9 Å². The number of esters is 1. The quantitative estimate of drug-likeness (QED) is 0.860. The highest BCUT2D eigenvalue weighted by Gasteiger charge is 2.16. The Morgan fingerprint density at radius 3 is 2.59 bits per heavy atom. The SMILES string of the molecule is CCc1c(C(=O)O)ccn1-c1cccc(C(=O)OC(C)C)c1. The molecule has 0 spiro atoms. The normalized spacial score (nSPS) is 10.7. The van der Waals surface area contributed by atoms with E-state index < -0.39 is 5.97 Å². The Balaban J connectivity index is 2.42. The fourth-order valence-electron chi connectivity index (χ4n) is 2.33. The summed E-state index contributed by atoms with van der Waals surface area (Å²) in [5, 5.41) is 9.21. The second-order valence-electron chi connectivity index (χ2n) is 5.21. The molecule has 0 amide bonds. The van der Waals surface area contributed by atoms with Crippen molar-refractivity contribution < 1.29 is 19.4 Å². The highest BCUT2D eigenvalue weighted by Crippen LogP contribution is 2.19. The van der Waals surface area contributed by atoms with Gasteiger partial charge in [0, 0.05) is 17.6 Å². The minimum absolute atomic E-state index is 0.187. The van der Waals surface area contributed by atoms with Crippen LogP contribution in [0.2, 0.25) is 0 Å². The zero-order valence-corrected chi connectivity index (χ0v) is 12.9. The monoisotopic (exact) mass is 301 g/mol. The van der Waals surface area contributed by atoms with Crippen LogP contribution in [0.25, 0.3) is 5.69 Å². The minimum atomic E-state index is -0.953. The number of carboxylic acids is 1. The van der Waals surface area contributed by atoms with Crippen LogP contribution < -0.4 is 0 Å². The number of aromatic nitrogens is 1. The molecule has 0 aliphatic carbocycles. The van der Waals surface area contributed by atoms with Gasteiger partial charge in [0.25, 0.3) is 0 Å². The maximum atomic E-state index is 12.0. The third-order valence-corrected chi connectivity index (χ3v) is 3.26. The van der Waals surface area contributed by atoms with Gasteiger partial charge in [-0.05, 0) is 44.5 Å². The van der Waals surface area contributed by atoms with Crippen LogP contribution in [0, 0.1) is 0 Å². The van der Waals surface area contributed by atoms with Gasteiger partial charge < -0.3 is 14.4 Å². The molecule has 2 rings (SSSR count). The number of rotatable bonds is 5. The Morgan fingerprint density at radius 1 is 1.27 bits per heavy atom. The molecule has 0 saturated carbocycles. The molecule has 0 aliphatic rings. The molecule has 5 nitrogen and oxygen atoms in total. The number of carbonyl (C=O) groups is 2. The molecule has 0 aliphatic heterocycles. The molecule has 2 aromatic rings. The highest BCUT2D eigenvalue weighted by molar-refractivity contribution is 5.91. The van der Waals surface area contributed by atoms with Crippen LogP contribution >= 0.6 is 0 Å². The first kappa shape index (κ1) is 15.8. The standard InChI is InChI=1S/C17H19NO4/c1-4-15-14(16(19)20)8-9-18(15)13-7-5-6-12(10-13)17(21)22-11(2)3/h5-11H,4H2,1-3H3,(H,19,20). The number of carboxylic acid groups (broad SMARTS) is 1. The summed E-state index contributed by atoms with van der Waals surface area (Å²) < 4.78 is 6.97. The van der Waals surface area contributed by atoms with Gasteiger partial charge in [-0.2, -0.15) is 0 Å². The molecule has 1 aromatic carbocycles. The largest absolute Gasteiger partial charge is 0.478 e. The van der Waals surface area contributed by atoms with Crippen molar-refractivity contribution in [3.8, 4) is 5.69 Å². The maximum absolute atomic E-state index is 12.0. The van der Waals surface area contributed by atoms with Gasteiger partial charge in [-0.15, -0.1) is 0 Å². The van der Waals surface area contributed by atoms with Gasteiger partial charge in [0.15, 0.2) is 0 Å². The molecule has 22 heavy (non-hydrogen) atoms. The lowest BCUT2D eigenvalue weighted by Crippen LogP contribution is -2.12. The van der Waals surface area contributed by atoms with E-state index in [0.717, 1.165) is 5.69 Å². The van der Waals surface area contributed by atoms with Gasteiger partial charge in [-0.1, -0.05) is 13.0 Å². The van der Waals surface area contributed by atoms with Gasteiger partial charge in [0.1, 0.15) is 0 Å². The van der Waals surface area contributed by atoms with Gasteiger partial charge in [0.2, 0.25) is 0 Å². The molecular formula is C17H19NO4. The summed E-state index contributed by atoms with van der Waals surface area (Å²) in [4.78, 5) is 23.2. The van der Waals surface area contributed by atoms with E-state index in [4.69, 9.17) is 4.74 Å². The molecule has 0 fully saturated rings. The van der Waals surface area contributed by atoms with Crippen LogP contribution in [0.5, 0.6) is 0 Å². The van der Waals surface area contributed by atoms with Crippen LogP contribution in [0.15, 0.2) is 36.5 Å². The van der Waals surface area contributed by atoms with E-state index in [1.165, 1.54) is 0 Å². The van der Waals surface area contributed by atoms with Gasteiger partial charge in [0.05, 0.1) is 17.2 Å². The van der Waals surface area contributed by atoms with Crippen LogP contribution in [0.3, 0.4) is 0 Å². The molecule has 0 radical (unpaired) electrons. The molecule has 0 atom stereocenters. The first-order chi connectivity index (χ1) is 10.4. The Bertz CT molecular complexity index is 700. The zero-order valence-electron chi connectivity index (χ0n) is 12.9. The Kier molecular flexibility index (Phi) is 4.65. The van der Waals surface area contributed by atoms with E-state index in [9.17, 15) is 14.7 Å². The Hall–Kier alpha value is -2.56. The average molecular weight is 301 g/mol.